The maximum atomic E-state index is 5.23. The van der Waals surface area contributed by atoms with Crippen molar-refractivity contribution >= 4 is 75.9 Å². The van der Waals surface area contributed by atoms with E-state index in [4.69, 9.17) is 15.0 Å². The summed E-state index contributed by atoms with van der Waals surface area (Å²) in [4.78, 5) is 15.5. The molecule has 0 bridgehead atoms. The van der Waals surface area contributed by atoms with Crippen LogP contribution in [0.25, 0.3) is 121 Å². The number of para-hydroxylation sites is 2. The molecule has 288 valence electrons. The third-order valence-corrected chi connectivity index (χ3v) is 12.5. The summed E-state index contributed by atoms with van der Waals surface area (Å²) in [5.74, 6) is 1.91. The van der Waals surface area contributed by atoms with Crippen LogP contribution in [0.5, 0.6) is 0 Å². The Hall–Kier alpha value is -8.41. The number of fused-ring (bicyclic) bond motifs is 11. The zero-order valence-electron chi connectivity index (χ0n) is 33.4. The Morgan fingerprint density at radius 3 is 1.69 bits per heavy atom. The van der Waals surface area contributed by atoms with Gasteiger partial charge in [-0.2, -0.15) is 0 Å². The first-order chi connectivity index (χ1) is 30.8. The minimum Gasteiger partial charge on any atom is -0.309 e. The molecule has 13 rings (SSSR count). The second-order valence-electron chi connectivity index (χ2n) is 16.0. The first-order valence-corrected chi connectivity index (χ1v) is 21.0. The predicted octanol–water partition coefficient (Wildman–Crippen LogP) is 14.5. The standard InChI is InChI=1S/C57H35N5/c1-3-17-38(18-4-1)55-58-56(40-30-29-36-15-7-8-19-39(36)35-40)60-57(59-55)45-26-13-25-44-43(45)24-14-28-47(44)62-48-27-12-11-23-46(48)53-50(62)33-34-51-54(53)52-42-22-10-9-16-37(42)31-32-49(52)61(51)41-20-5-2-6-21-41/h1-35H. The molecular formula is C57H35N5. The molecule has 0 spiro atoms. The van der Waals surface area contributed by atoms with Crippen LogP contribution in [0.3, 0.4) is 0 Å². The summed E-state index contributed by atoms with van der Waals surface area (Å²) in [7, 11) is 0. The molecule has 0 aliphatic heterocycles. The summed E-state index contributed by atoms with van der Waals surface area (Å²) in [5.41, 5.74) is 9.76. The van der Waals surface area contributed by atoms with E-state index in [-0.39, 0.29) is 0 Å². The summed E-state index contributed by atoms with van der Waals surface area (Å²) in [6, 6.07) is 75.7. The molecule has 0 atom stereocenters. The predicted molar refractivity (Wildman–Crippen MR) is 257 cm³/mol. The van der Waals surface area contributed by atoms with E-state index in [9.17, 15) is 0 Å². The molecule has 0 fully saturated rings. The largest absolute Gasteiger partial charge is 0.309 e. The highest BCUT2D eigenvalue weighted by Crippen LogP contribution is 2.45. The lowest BCUT2D eigenvalue weighted by molar-refractivity contribution is 1.08. The number of hydrogen-bond donors (Lipinski definition) is 0. The van der Waals surface area contributed by atoms with E-state index in [1.54, 1.807) is 0 Å². The van der Waals surface area contributed by atoms with Gasteiger partial charge in [-0.25, -0.2) is 15.0 Å². The fourth-order valence-corrected chi connectivity index (χ4v) is 9.80. The zero-order valence-corrected chi connectivity index (χ0v) is 33.4. The fourth-order valence-electron chi connectivity index (χ4n) is 9.80. The van der Waals surface area contributed by atoms with Gasteiger partial charge in [-0.05, 0) is 75.5 Å². The highest BCUT2D eigenvalue weighted by atomic mass is 15.0. The molecule has 0 saturated heterocycles. The molecule has 0 aliphatic carbocycles. The van der Waals surface area contributed by atoms with Gasteiger partial charge >= 0.3 is 0 Å². The average Bonchev–Trinajstić information content (AvgIpc) is 3.87. The van der Waals surface area contributed by atoms with Gasteiger partial charge < -0.3 is 9.13 Å². The van der Waals surface area contributed by atoms with E-state index in [0.29, 0.717) is 17.5 Å². The number of rotatable bonds is 5. The molecule has 5 heteroatoms. The number of hydrogen-bond acceptors (Lipinski definition) is 3. The van der Waals surface area contributed by atoms with Crippen LogP contribution in [0, 0.1) is 0 Å². The van der Waals surface area contributed by atoms with Crippen LogP contribution in [0.2, 0.25) is 0 Å². The van der Waals surface area contributed by atoms with E-state index >= 15 is 0 Å². The van der Waals surface area contributed by atoms with Crippen molar-refractivity contribution in [3.63, 3.8) is 0 Å². The Morgan fingerprint density at radius 1 is 0.290 bits per heavy atom. The van der Waals surface area contributed by atoms with Gasteiger partial charge in [0.1, 0.15) is 0 Å². The monoisotopic (exact) mass is 789 g/mol. The van der Waals surface area contributed by atoms with Crippen LogP contribution in [0.4, 0.5) is 0 Å². The molecule has 62 heavy (non-hydrogen) atoms. The molecule has 3 heterocycles. The summed E-state index contributed by atoms with van der Waals surface area (Å²) in [6.07, 6.45) is 0. The summed E-state index contributed by atoms with van der Waals surface area (Å²) in [5, 5.41) is 12.0. The Bertz CT molecular complexity index is 3920. The van der Waals surface area contributed by atoms with E-state index in [1.165, 1.54) is 48.7 Å². The lowest BCUT2D eigenvalue weighted by Gasteiger charge is -2.14. The maximum Gasteiger partial charge on any atom is 0.164 e. The molecule has 0 aliphatic rings. The van der Waals surface area contributed by atoms with Crippen molar-refractivity contribution in [2.75, 3.05) is 0 Å². The third-order valence-electron chi connectivity index (χ3n) is 12.5. The Labute approximate surface area is 356 Å². The van der Waals surface area contributed by atoms with Crippen LogP contribution in [-0.4, -0.2) is 24.1 Å². The summed E-state index contributed by atoms with van der Waals surface area (Å²) < 4.78 is 4.88. The van der Waals surface area contributed by atoms with Crippen molar-refractivity contribution < 1.29 is 0 Å². The van der Waals surface area contributed by atoms with Crippen molar-refractivity contribution in [3.8, 4) is 45.5 Å². The van der Waals surface area contributed by atoms with Gasteiger partial charge in [0.05, 0.1) is 27.8 Å². The van der Waals surface area contributed by atoms with Crippen molar-refractivity contribution in [2.24, 2.45) is 0 Å². The number of aromatic nitrogens is 5. The van der Waals surface area contributed by atoms with Gasteiger partial charge in [-0.15, -0.1) is 0 Å². The first-order valence-electron chi connectivity index (χ1n) is 21.0. The van der Waals surface area contributed by atoms with Gasteiger partial charge in [0.2, 0.25) is 0 Å². The second-order valence-corrected chi connectivity index (χ2v) is 16.0. The zero-order chi connectivity index (χ0) is 40.7. The number of nitrogens with zero attached hydrogens (tertiary/aromatic N) is 5. The lowest BCUT2D eigenvalue weighted by Crippen LogP contribution is -2.01. The molecule has 3 aromatic heterocycles. The molecule has 0 radical (unpaired) electrons. The van der Waals surface area contributed by atoms with Crippen LogP contribution >= 0.6 is 0 Å². The fraction of sp³-hybridized carbons (Fsp3) is 0. The molecule has 13 aromatic rings. The van der Waals surface area contributed by atoms with Crippen molar-refractivity contribution in [2.45, 2.75) is 0 Å². The van der Waals surface area contributed by atoms with Crippen molar-refractivity contribution in [3.05, 3.63) is 212 Å². The SMILES string of the molecule is c1ccc(-c2nc(-c3ccc4ccccc4c3)nc(-c3cccc4c(-n5c6ccccc6c6c7c8c9ccccc9ccc8n(-c8ccccc8)c7ccc65)cccc34)n2)cc1. The molecule has 0 unspecified atom stereocenters. The van der Waals surface area contributed by atoms with E-state index in [0.717, 1.165) is 55.3 Å². The van der Waals surface area contributed by atoms with E-state index < -0.39 is 0 Å². The first kappa shape index (κ1) is 34.5. The molecule has 0 saturated carbocycles. The normalized spacial score (nSPS) is 11.9. The van der Waals surface area contributed by atoms with Gasteiger partial charge in [0.15, 0.2) is 17.5 Å². The topological polar surface area (TPSA) is 48.5 Å². The molecule has 0 amide bonds. The molecule has 10 aromatic carbocycles. The van der Waals surface area contributed by atoms with Crippen LogP contribution in [-0.2, 0) is 0 Å². The van der Waals surface area contributed by atoms with E-state index in [1.807, 2.05) is 18.2 Å². The minimum absolute atomic E-state index is 0.634. The van der Waals surface area contributed by atoms with E-state index in [2.05, 4.69) is 203 Å². The summed E-state index contributed by atoms with van der Waals surface area (Å²) >= 11 is 0. The van der Waals surface area contributed by atoms with Gasteiger partial charge in [0, 0.05) is 49.3 Å². The molecule has 0 N–H and O–H groups in total. The highest BCUT2D eigenvalue weighted by Gasteiger charge is 2.23. The molecule has 5 nitrogen and oxygen atoms in total. The smallest absolute Gasteiger partial charge is 0.164 e. The number of benzene rings is 10. The van der Waals surface area contributed by atoms with Gasteiger partial charge in [-0.3, -0.25) is 0 Å². The average molecular weight is 790 g/mol. The third kappa shape index (κ3) is 5.18. The van der Waals surface area contributed by atoms with Gasteiger partial charge in [0.25, 0.3) is 0 Å². The molecular weight excluding hydrogens is 755 g/mol. The van der Waals surface area contributed by atoms with Crippen LogP contribution in [0.15, 0.2) is 212 Å². The maximum absolute atomic E-state index is 5.23. The van der Waals surface area contributed by atoms with Crippen LogP contribution < -0.4 is 0 Å². The van der Waals surface area contributed by atoms with Gasteiger partial charge in [-0.1, -0.05) is 164 Å². The Balaban J connectivity index is 1.08. The minimum atomic E-state index is 0.634. The highest BCUT2D eigenvalue weighted by molar-refractivity contribution is 6.33. The second kappa shape index (κ2) is 13.6. The Kier molecular flexibility index (Phi) is 7.54. The van der Waals surface area contributed by atoms with Crippen LogP contribution in [0.1, 0.15) is 0 Å². The van der Waals surface area contributed by atoms with Crippen molar-refractivity contribution in [1.29, 1.82) is 0 Å². The summed E-state index contributed by atoms with van der Waals surface area (Å²) in [6.45, 7) is 0. The lowest BCUT2D eigenvalue weighted by atomic mass is 10.0. The Morgan fingerprint density at radius 2 is 0.855 bits per heavy atom. The van der Waals surface area contributed by atoms with Crippen molar-refractivity contribution in [1.82, 2.24) is 24.1 Å². The quantitative estimate of drug-likeness (QED) is 0.174.